The van der Waals surface area contributed by atoms with E-state index >= 15 is 0 Å². The lowest BCUT2D eigenvalue weighted by atomic mass is 10.1. The van der Waals surface area contributed by atoms with Gasteiger partial charge in [-0.2, -0.15) is 0 Å². The average Bonchev–Trinajstić information content (AvgIpc) is 2.90. The van der Waals surface area contributed by atoms with Gasteiger partial charge in [-0.05, 0) is 42.5 Å². The van der Waals surface area contributed by atoms with Crippen molar-refractivity contribution in [2.45, 2.75) is 31.3 Å². The molecule has 0 saturated carbocycles. The van der Waals surface area contributed by atoms with Crippen molar-refractivity contribution in [1.82, 2.24) is 5.32 Å². The van der Waals surface area contributed by atoms with Crippen molar-refractivity contribution in [3.63, 3.8) is 0 Å². The van der Waals surface area contributed by atoms with Crippen molar-refractivity contribution in [3.8, 4) is 0 Å². The molecule has 16 heavy (non-hydrogen) atoms. The van der Waals surface area contributed by atoms with Crippen molar-refractivity contribution < 1.29 is 9.13 Å². The maximum absolute atomic E-state index is 13.2. The summed E-state index contributed by atoms with van der Waals surface area (Å²) in [5, 5.41) is 3.57. The van der Waals surface area contributed by atoms with E-state index in [2.05, 4.69) is 5.32 Å². The second kappa shape index (κ2) is 4.15. The lowest BCUT2D eigenvalue weighted by molar-refractivity contribution is 0.188. The first-order chi connectivity index (χ1) is 7.83. The number of hydrogen-bond acceptors (Lipinski definition) is 2. The van der Waals surface area contributed by atoms with Crippen LogP contribution in [-0.2, 0) is 11.2 Å². The molecule has 1 aliphatic carbocycles. The van der Waals surface area contributed by atoms with Crippen LogP contribution in [0, 0.1) is 5.82 Å². The maximum Gasteiger partial charge on any atom is 0.123 e. The summed E-state index contributed by atoms with van der Waals surface area (Å²) in [4.78, 5) is 0. The standard InChI is InChI=1S/C13H16FNO/c14-10-3-1-9-2-4-13(12(9)7-10)15-11-5-6-16-8-11/h1,3,7,11,13,15H,2,4-6,8H2. The van der Waals surface area contributed by atoms with E-state index in [0.717, 1.165) is 38.0 Å². The molecule has 1 fully saturated rings. The second-order valence-corrected chi connectivity index (χ2v) is 4.66. The highest BCUT2D eigenvalue weighted by atomic mass is 19.1. The Morgan fingerprint density at radius 1 is 1.31 bits per heavy atom. The normalized spacial score (nSPS) is 28.3. The molecular formula is C13H16FNO. The minimum absolute atomic E-state index is 0.130. The summed E-state index contributed by atoms with van der Waals surface area (Å²) in [6.07, 6.45) is 3.21. The molecule has 1 aromatic rings. The summed E-state index contributed by atoms with van der Waals surface area (Å²) in [6.45, 7) is 1.64. The van der Waals surface area contributed by atoms with Gasteiger partial charge < -0.3 is 10.1 Å². The number of nitrogens with one attached hydrogen (secondary N) is 1. The largest absolute Gasteiger partial charge is 0.380 e. The minimum atomic E-state index is -0.130. The van der Waals surface area contributed by atoms with Crippen LogP contribution in [0.4, 0.5) is 4.39 Å². The Hall–Kier alpha value is -0.930. The van der Waals surface area contributed by atoms with Gasteiger partial charge in [-0.15, -0.1) is 0 Å². The molecule has 1 aromatic carbocycles. The summed E-state index contributed by atoms with van der Waals surface area (Å²) in [6, 6.07) is 5.91. The first-order valence-corrected chi connectivity index (χ1v) is 5.95. The summed E-state index contributed by atoms with van der Waals surface area (Å²) in [7, 11) is 0. The van der Waals surface area contributed by atoms with Gasteiger partial charge >= 0.3 is 0 Å². The van der Waals surface area contributed by atoms with Crippen LogP contribution in [0.5, 0.6) is 0 Å². The van der Waals surface area contributed by atoms with E-state index in [9.17, 15) is 4.39 Å². The van der Waals surface area contributed by atoms with Gasteiger partial charge in [0.2, 0.25) is 0 Å². The highest BCUT2D eigenvalue weighted by Gasteiger charge is 2.26. The van der Waals surface area contributed by atoms with E-state index in [1.165, 1.54) is 5.56 Å². The predicted octanol–water partition coefficient (Wildman–Crippen LogP) is 2.19. The molecule has 2 nitrogen and oxygen atoms in total. The Morgan fingerprint density at radius 2 is 2.25 bits per heavy atom. The van der Waals surface area contributed by atoms with E-state index < -0.39 is 0 Å². The zero-order valence-electron chi connectivity index (χ0n) is 9.21. The summed E-state index contributed by atoms with van der Waals surface area (Å²) < 4.78 is 18.5. The van der Waals surface area contributed by atoms with E-state index in [1.807, 2.05) is 6.07 Å². The lowest BCUT2D eigenvalue weighted by Crippen LogP contribution is -2.32. The third kappa shape index (κ3) is 1.85. The van der Waals surface area contributed by atoms with Crippen LogP contribution in [0.25, 0.3) is 0 Å². The minimum Gasteiger partial charge on any atom is -0.380 e. The lowest BCUT2D eigenvalue weighted by Gasteiger charge is -2.18. The quantitative estimate of drug-likeness (QED) is 0.826. The Balaban J connectivity index is 1.77. The molecule has 86 valence electrons. The average molecular weight is 221 g/mol. The van der Waals surface area contributed by atoms with Crippen LogP contribution in [0.2, 0.25) is 0 Å². The molecular weight excluding hydrogens is 205 g/mol. The van der Waals surface area contributed by atoms with E-state index in [0.29, 0.717) is 12.1 Å². The molecule has 3 heteroatoms. The fraction of sp³-hybridized carbons (Fsp3) is 0.538. The number of aryl methyl sites for hydroxylation is 1. The molecule has 0 amide bonds. The zero-order chi connectivity index (χ0) is 11.0. The Morgan fingerprint density at radius 3 is 3.06 bits per heavy atom. The molecule has 2 aliphatic rings. The van der Waals surface area contributed by atoms with E-state index in [1.54, 1.807) is 12.1 Å². The molecule has 3 rings (SSSR count). The van der Waals surface area contributed by atoms with Gasteiger partial charge in [0, 0.05) is 18.7 Å². The van der Waals surface area contributed by atoms with Crippen molar-refractivity contribution in [2.75, 3.05) is 13.2 Å². The smallest absolute Gasteiger partial charge is 0.123 e. The monoisotopic (exact) mass is 221 g/mol. The maximum atomic E-state index is 13.2. The molecule has 0 bridgehead atoms. The van der Waals surface area contributed by atoms with E-state index in [4.69, 9.17) is 4.74 Å². The van der Waals surface area contributed by atoms with Crippen LogP contribution in [0.15, 0.2) is 18.2 Å². The van der Waals surface area contributed by atoms with Gasteiger partial charge in [0.15, 0.2) is 0 Å². The summed E-state index contributed by atoms with van der Waals surface area (Å²) in [5.41, 5.74) is 2.43. The van der Waals surface area contributed by atoms with Gasteiger partial charge in [-0.1, -0.05) is 6.07 Å². The Kier molecular flexibility index (Phi) is 2.65. The van der Waals surface area contributed by atoms with Crippen LogP contribution in [-0.4, -0.2) is 19.3 Å². The highest BCUT2D eigenvalue weighted by Crippen LogP contribution is 2.32. The Bertz CT molecular complexity index is 388. The molecule has 1 saturated heterocycles. The zero-order valence-corrected chi connectivity index (χ0v) is 9.21. The number of fused-ring (bicyclic) bond motifs is 1. The van der Waals surface area contributed by atoms with Gasteiger partial charge in [-0.25, -0.2) is 4.39 Å². The number of ether oxygens (including phenoxy) is 1. The van der Waals surface area contributed by atoms with Crippen molar-refractivity contribution >= 4 is 0 Å². The van der Waals surface area contributed by atoms with Crippen LogP contribution in [0.3, 0.4) is 0 Å². The van der Waals surface area contributed by atoms with Gasteiger partial charge in [0.1, 0.15) is 5.82 Å². The predicted molar refractivity (Wildman–Crippen MR) is 59.8 cm³/mol. The molecule has 2 atom stereocenters. The van der Waals surface area contributed by atoms with Crippen molar-refractivity contribution in [2.24, 2.45) is 0 Å². The van der Waals surface area contributed by atoms with Gasteiger partial charge in [0.05, 0.1) is 6.61 Å². The number of halogens is 1. The first kappa shape index (κ1) is 10.2. The molecule has 1 heterocycles. The summed E-state index contributed by atoms with van der Waals surface area (Å²) >= 11 is 0. The van der Waals surface area contributed by atoms with Gasteiger partial charge in [-0.3, -0.25) is 0 Å². The Labute approximate surface area is 94.8 Å². The molecule has 0 spiro atoms. The van der Waals surface area contributed by atoms with Crippen LogP contribution in [0.1, 0.15) is 30.0 Å². The highest BCUT2D eigenvalue weighted by molar-refractivity contribution is 5.35. The fourth-order valence-corrected chi connectivity index (χ4v) is 2.70. The third-order valence-corrected chi connectivity index (χ3v) is 3.55. The molecule has 1 N–H and O–H groups in total. The second-order valence-electron chi connectivity index (χ2n) is 4.66. The molecule has 0 radical (unpaired) electrons. The number of rotatable bonds is 2. The van der Waals surface area contributed by atoms with Crippen molar-refractivity contribution in [3.05, 3.63) is 35.1 Å². The van der Waals surface area contributed by atoms with E-state index in [-0.39, 0.29) is 5.82 Å². The number of hydrogen-bond donors (Lipinski definition) is 1. The third-order valence-electron chi connectivity index (χ3n) is 3.55. The molecule has 0 aromatic heterocycles. The SMILES string of the molecule is Fc1ccc2c(c1)C(NC1CCOC1)CC2. The fourth-order valence-electron chi connectivity index (χ4n) is 2.70. The van der Waals surface area contributed by atoms with Gasteiger partial charge in [0.25, 0.3) is 0 Å². The molecule has 1 aliphatic heterocycles. The topological polar surface area (TPSA) is 21.3 Å². The van der Waals surface area contributed by atoms with Crippen LogP contribution >= 0.6 is 0 Å². The molecule has 2 unspecified atom stereocenters. The summed E-state index contributed by atoms with van der Waals surface area (Å²) in [5.74, 6) is -0.130. The van der Waals surface area contributed by atoms with Crippen LogP contribution < -0.4 is 5.32 Å². The number of benzene rings is 1. The van der Waals surface area contributed by atoms with Crippen molar-refractivity contribution in [1.29, 1.82) is 0 Å². The first-order valence-electron chi connectivity index (χ1n) is 5.95.